The molecule has 0 amide bonds. The van der Waals surface area contributed by atoms with Gasteiger partial charge in [0.05, 0.1) is 29.3 Å². The highest BCUT2D eigenvalue weighted by Gasteiger charge is 2.24. The summed E-state index contributed by atoms with van der Waals surface area (Å²) in [7, 11) is 0. The largest absolute Gasteiger partial charge is 0.143 e. The molecule has 1 aliphatic rings. The predicted octanol–water partition coefficient (Wildman–Crippen LogP) is 9.37. The van der Waals surface area contributed by atoms with Crippen molar-refractivity contribution in [3.05, 3.63) is 39.9 Å². The minimum atomic E-state index is 0.897. The lowest BCUT2D eigenvalue weighted by molar-refractivity contribution is 1.55. The molecule has 136 valence electrons. The maximum Gasteiger partial charge on any atom is 0.0599 e. The Balaban J connectivity index is 1.72. The molecule has 0 saturated carbocycles. The number of thiophene rings is 5. The van der Waals surface area contributed by atoms with Gasteiger partial charge in [0, 0.05) is 46.8 Å². The summed E-state index contributed by atoms with van der Waals surface area (Å²) in [5, 5.41) is 13.9. The number of rotatable bonds is 0. The summed E-state index contributed by atoms with van der Waals surface area (Å²) >= 11 is 11.5. The Morgan fingerprint density at radius 3 is 2.21 bits per heavy atom. The van der Waals surface area contributed by atoms with E-state index in [1.807, 2.05) is 68.4 Å². The van der Waals surface area contributed by atoms with E-state index in [4.69, 9.17) is 0 Å². The third kappa shape index (κ3) is 1.88. The van der Waals surface area contributed by atoms with E-state index in [-0.39, 0.29) is 0 Å². The topological polar surface area (TPSA) is 0 Å². The zero-order valence-electron chi connectivity index (χ0n) is 14.6. The van der Waals surface area contributed by atoms with Gasteiger partial charge in [-0.05, 0) is 34.3 Å². The molecule has 8 rings (SSSR count). The molecule has 6 heteroatoms. The van der Waals surface area contributed by atoms with Crippen molar-refractivity contribution in [3.8, 4) is 11.8 Å². The second kappa shape index (κ2) is 5.55. The number of fused-ring (bicyclic) bond motifs is 15. The van der Waals surface area contributed by atoms with E-state index in [0.29, 0.717) is 0 Å². The summed E-state index contributed by atoms with van der Waals surface area (Å²) in [4.78, 5) is 1.41. The van der Waals surface area contributed by atoms with Crippen LogP contribution < -0.4 is 0 Å². The van der Waals surface area contributed by atoms with Crippen LogP contribution in [0.25, 0.3) is 59.8 Å². The summed E-state index contributed by atoms with van der Waals surface area (Å²) in [6, 6.07) is 6.91. The normalized spacial score (nSPS) is 13.9. The van der Waals surface area contributed by atoms with Gasteiger partial charge in [0.1, 0.15) is 0 Å². The minimum absolute atomic E-state index is 0.897. The van der Waals surface area contributed by atoms with E-state index >= 15 is 0 Å². The van der Waals surface area contributed by atoms with Crippen molar-refractivity contribution in [2.24, 2.45) is 0 Å². The van der Waals surface area contributed by atoms with Gasteiger partial charge in [-0.2, -0.15) is 0 Å². The SMILES string of the molecule is C1#Cc2c(c3sc4c(sc5c6ccsc6c6sccc6c54)c3c3sccc23)SC1. The Kier molecular flexibility index (Phi) is 3.09. The van der Waals surface area contributed by atoms with Gasteiger partial charge in [0.15, 0.2) is 0 Å². The molecule has 0 nitrogen and oxygen atoms in total. The van der Waals surface area contributed by atoms with E-state index in [1.165, 1.54) is 70.3 Å². The highest BCUT2D eigenvalue weighted by molar-refractivity contribution is 8.00. The average Bonchev–Trinajstić information content (AvgIpc) is 3.54. The molecule has 0 spiro atoms. The molecule has 0 bridgehead atoms. The average molecular weight is 477 g/mol. The summed E-state index contributed by atoms with van der Waals surface area (Å²) in [6.45, 7) is 0. The fourth-order valence-electron chi connectivity index (χ4n) is 4.51. The Hall–Kier alpha value is -1.59. The lowest BCUT2D eigenvalue weighted by atomic mass is 10.1. The first-order valence-corrected chi connectivity index (χ1v) is 14.4. The lowest BCUT2D eigenvalue weighted by Gasteiger charge is -2.10. The van der Waals surface area contributed by atoms with E-state index in [0.717, 1.165) is 5.75 Å². The van der Waals surface area contributed by atoms with Gasteiger partial charge < -0.3 is 0 Å². The van der Waals surface area contributed by atoms with Crippen LogP contribution >= 0.6 is 68.4 Å². The van der Waals surface area contributed by atoms with Crippen molar-refractivity contribution >= 4 is 128 Å². The van der Waals surface area contributed by atoms with E-state index in [1.54, 1.807) is 0 Å². The Morgan fingerprint density at radius 2 is 1.31 bits per heavy atom. The van der Waals surface area contributed by atoms with Gasteiger partial charge in [-0.25, -0.2) is 0 Å². The van der Waals surface area contributed by atoms with Crippen LogP contribution in [0.15, 0.2) is 39.2 Å². The molecular formula is C23H8S6. The molecule has 2 aromatic carbocycles. The first-order valence-electron chi connectivity index (χ1n) is 9.10. The zero-order valence-corrected chi connectivity index (χ0v) is 19.5. The molecule has 0 saturated heterocycles. The highest BCUT2D eigenvalue weighted by atomic mass is 32.2. The molecule has 0 aliphatic carbocycles. The van der Waals surface area contributed by atoms with Crippen molar-refractivity contribution in [1.29, 1.82) is 0 Å². The second-order valence-corrected chi connectivity index (χ2v) is 12.8. The van der Waals surface area contributed by atoms with Crippen LogP contribution in [0.2, 0.25) is 0 Å². The molecule has 0 radical (unpaired) electrons. The number of benzene rings is 2. The molecule has 29 heavy (non-hydrogen) atoms. The summed E-state index contributed by atoms with van der Waals surface area (Å²) in [5.41, 5.74) is 1.25. The van der Waals surface area contributed by atoms with Crippen LogP contribution in [-0.2, 0) is 0 Å². The number of thioether (sulfide) groups is 1. The van der Waals surface area contributed by atoms with Gasteiger partial charge in [-0.15, -0.1) is 68.4 Å². The standard InChI is InChI=1S/C23H8S6/c1-2-10-11-3-7-25-16(11)15-22(18(10)24-6-1)29-21-14-12-4-8-26-19(12)20-13(5-9-27-20)17(14)28-23(15)21/h3-5,7-9H,6H2. The fraction of sp³-hybridized carbons (Fsp3) is 0.0435. The number of hydrogen-bond donors (Lipinski definition) is 0. The van der Waals surface area contributed by atoms with E-state index < -0.39 is 0 Å². The van der Waals surface area contributed by atoms with Crippen molar-refractivity contribution in [2.75, 3.05) is 5.75 Å². The molecule has 0 N–H and O–H groups in total. The van der Waals surface area contributed by atoms with Crippen LogP contribution in [0, 0.1) is 11.8 Å². The van der Waals surface area contributed by atoms with Crippen molar-refractivity contribution in [1.82, 2.24) is 0 Å². The maximum absolute atomic E-state index is 3.45. The summed E-state index contributed by atoms with van der Waals surface area (Å²) in [6.07, 6.45) is 0. The number of hydrogen-bond acceptors (Lipinski definition) is 6. The highest BCUT2D eigenvalue weighted by Crippen LogP contribution is 2.55. The van der Waals surface area contributed by atoms with Crippen LogP contribution in [0.3, 0.4) is 0 Å². The summed E-state index contributed by atoms with van der Waals surface area (Å²) in [5.74, 6) is 7.66. The third-order valence-electron chi connectivity index (χ3n) is 5.67. The van der Waals surface area contributed by atoms with Gasteiger partial charge in [-0.3, -0.25) is 0 Å². The molecule has 0 atom stereocenters. The van der Waals surface area contributed by atoms with Crippen molar-refractivity contribution in [2.45, 2.75) is 4.90 Å². The van der Waals surface area contributed by atoms with Crippen LogP contribution in [0.5, 0.6) is 0 Å². The molecule has 7 aromatic rings. The van der Waals surface area contributed by atoms with Crippen LogP contribution in [-0.4, -0.2) is 5.75 Å². The summed E-state index contributed by atoms with van der Waals surface area (Å²) < 4.78 is 10.2. The molecule has 5 aromatic heterocycles. The first kappa shape index (κ1) is 16.1. The van der Waals surface area contributed by atoms with Gasteiger partial charge in [0.25, 0.3) is 0 Å². The van der Waals surface area contributed by atoms with Crippen molar-refractivity contribution < 1.29 is 0 Å². The smallest absolute Gasteiger partial charge is 0.0599 e. The third-order valence-corrected chi connectivity index (χ3v) is 12.3. The molecule has 0 unspecified atom stereocenters. The molecule has 6 heterocycles. The van der Waals surface area contributed by atoms with Crippen LogP contribution in [0.4, 0.5) is 0 Å². The quantitative estimate of drug-likeness (QED) is 0.196. The van der Waals surface area contributed by atoms with Gasteiger partial charge in [-0.1, -0.05) is 11.8 Å². The Labute approximate surface area is 189 Å². The Morgan fingerprint density at radius 1 is 0.621 bits per heavy atom. The van der Waals surface area contributed by atoms with Gasteiger partial charge >= 0.3 is 0 Å². The Bertz CT molecular complexity index is 1870. The van der Waals surface area contributed by atoms with Gasteiger partial charge in [0.2, 0.25) is 0 Å². The zero-order chi connectivity index (χ0) is 18.7. The second-order valence-electron chi connectivity index (χ2n) is 7.06. The first-order chi connectivity index (χ1) is 14.4. The lowest BCUT2D eigenvalue weighted by Crippen LogP contribution is -1.89. The maximum atomic E-state index is 3.45. The minimum Gasteiger partial charge on any atom is -0.143 e. The van der Waals surface area contributed by atoms with E-state index in [9.17, 15) is 0 Å². The molecular weight excluding hydrogens is 469 g/mol. The predicted molar refractivity (Wildman–Crippen MR) is 138 cm³/mol. The fourth-order valence-corrected chi connectivity index (χ4v) is 11.7. The van der Waals surface area contributed by atoms with E-state index in [2.05, 4.69) is 46.2 Å². The molecule has 1 aliphatic heterocycles. The monoisotopic (exact) mass is 476 g/mol. The molecule has 0 fully saturated rings. The van der Waals surface area contributed by atoms with Crippen LogP contribution in [0.1, 0.15) is 5.56 Å². The van der Waals surface area contributed by atoms with Crippen molar-refractivity contribution in [3.63, 3.8) is 0 Å².